The molecule has 0 aromatic heterocycles. The van der Waals surface area contributed by atoms with Crippen molar-refractivity contribution < 1.29 is 15.3 Å². The van der Waals surface area contributed by atoms with Crippen LogP contribution in [0.2, 0.25) is 0 Å². The average Bonchev–Trinajstić information content (AvgIpc) is 2.34. The Labute approximate surface area is 114 Å². The second kappa shape index (κ2) is 7.86. The summed E-state index contributed by atoms with van der Waals surface area (Å²) in [7, 11) is 0. The zero-order valence-corrected chi connectivity index (χ0v) is 11.6. The Morgan fingerprint density at radius 1 is 1.00 bits per heavy atom. The van der Waals surface area contributed by atoms with Crippen LogP contribution >= 0.6 is 0 Å². The standard InChI is InChI=1S/C14H24N2O3/c1-3-6-12(18)15-10-8-5-9-11(17)14(10)16-13(19)7-4-2/h5,8-9,12-13,15-19H,3-4,6-7H2,1-2H3. The van der Waals surface area contributed by atoms with E-state index in [1.807, 2.05) is 13.8 Å². The van der Waals surface area contributed by atoms with Crippen molar-refractivity contribution in [3.8, 4) is 5.75 Å². The zero-order valence-electron chi connectivity index (χ0n) is 11.6. The quantitative estimate of drug-likeness (QED) is 0.369. The molecule has 0 heterocycles. The first-order chi connectivity index (χ1) is 9.08. The topological polar surface area (TPSA) is 84.8 Å². The molecule has 0 saturated heterocycles. The van der Waals surface area contributed by atoms with Crippen molar-refractivity contribution in [2.75, 3.05) is 10.6 Å². The number of rotatable bonds is 8. The molecule has 19 heavy (non-hydrogen) atoms. The van der Waals surface area contributed by atoms with E-state index in [0.29, 0.717) is 24.2 Å². The monoisotopic (exact) mass is 268 g/mol. The van der Waals surface area contributed by atoms with Crippen LogP contribution in [0.4, 0.5) is 11.4 Å². The minimum atomic E-state index is -0.720. The fourth-order valence-corrected chi connectivity index (χ4v) is 1.85. The van der Waals surface area contributed by atoms with E-state index in [-0.39, 0.29) is 5.75 Å². The van der Waals surface area contributed by atoms with Crippen LogP contribution < -0.4 is 10.6 Å². The van der Waals surface area contributed by atoms with E-state index >= 15 is 0 Å². The van der Waals surface area contributed by atoms with Crippen LogP contribution in [0.5, 0.6) is 5.75 Å². The fourth-order valence-electron chi connectivity index (χ4n) is 1.85. The number of nitrogens with one attached hydrogen (secondary N) is 2. The van der Waals surface area contributed by atoms with Gasteiger partial charge in [-0.15, -0.1) is 0 Å². The lowest BCUT2D eigenvalue weighted by molar-refractivity contribution is 0.189. The van der Waals surface area contributed by atoms with Gasteiger partial charge >= 0.3 is 0 Å². The Morgan fingerprint density at radius 2 is 1.58 bits per heavy atom. The third kappa shape index (κ3) is 4.96. The Bertz CT molecular complexity index is 385. The number of aliphatic hydroxyl groups is 2. The molecule has 0 aliphatic rings. The fraction of sp³-hybridized carbons (Fsp3) is 0.571. The Morgan fingerprint density at radius 3 is 2.16 bits per heavy atom. The van der Waals surface area contributed by atoms with Crippen LogP contribution in [0, 0.1) is 0 Å². The van der Waals surface area contributed by atoms with Crippen LogP contribution in [-0.4, -0.2) is 27.8 Å². The molecule has 0 spiro atoms. The number of anilines is 2. The lowest BCUT2D eigenvalue weighted by Crippen LogP contribution is -2.22. The largest absolute Gasteiger partial charge is 0.506 e. The molecular weight excluding hydrogens is 244 g/mol. The highest BCUT2D eigenvalue weighted by Crippen LogP contribution is 2.32. The van der Waals surface area contributed by atoms with Crippen molar-refractivity contribution in [3.63, 3.8) is 0 Å². The summed E-state index contributed by atoms with van der Waals surface area (Å²) >= 11 is 0. The number of phenolic OH excluding ortho intramolecular Hbond substituents is 1. The number of hydrogen-bond acceptors (Lipinski definition) is 5. The molecule has 108 valence electrons. The van der Waals surface area contributed by atoms with Gasteiger partial charge in [0, 0.05) is 0 Å². The Hall–Kier alpha value is -1.46. The van der Waals surface area contributed by atoms with Crippen LogP contribution in [0.15, 0.2) is 18.2 Å². The maximum atomic E-state index is 9.86. The first-order valence-corrected chi connectivity index (χ1v) is 6.79. The first-order valence-electron chi connectivity index (χ1n) is 6.79. The molecular formula is C14H24N2O3. The highest BCUT2D eigenvalue weighted by molar-refractivity contribution is 5.75. The van der Waals surface area contributed by atoms with Gasteiger partial charge in [0.25, 0.3) is 0 Å². The van der Waals surface area contributed by atoms with Gasteiger partial charge in [0.05, 0.1) is 5.69 Å². The summed E-state index contributed by atoms with van der Waals surface area (Å²) in [5, 5.41) is 35.2. The van der Waals surface area contributed by atoms with Crippen LogP contribution in [0.25, 0.3) is 0 Å². The second-order valence-corrected chi connectivity index (χ2v) is 4.60. The summed E-state index contributed by atoms with van der Waals surface area (Å²) in [6, 6.07) is 4.98. The minimum Gasteiger partial charge on any atom is -0.506 e. The van der Waals surface area contributed by atoms with E-state index in [1.54, 1.807) is 18.2 Å². The van der Waals surface area contributed by atoms with Gasteiger partial charge in [-0.2, -0.15) is 0 Å². The highest BCUT2D eigenvalue weighted by atomic mass is 16.3. The van der Waals surface area contributed by atoms with Crippen molar-refractivity contribution in [3.05, 3.63) is 18.2 Å². The smallest absolute Gasteiger partial charge is 0.140 e. The Kier molecular flexibility index (Phi) is 6.45. The number of aliphatic hydroxyl groups excluding tert-OH is 2. The third-order valence-corrected chi connectivity index (χ3v) is 2.80. The van der Waals surface area contributed by atoms with Gasteiger partial charge in [-0.05, 0) is 25.0 Å². The van der Waals surface area contributed by atoms with Crippen LogP contribution in [0.3, 0.4) is 0 Å². The number of phenols is 1. The molecule has 1 aromatic rings. The van der Waals surface area contributed by atoms with Gasteiger partial charge in [-0.1, -0.05) is 32.8 Å². The number of para-hydroxylation sites is 1. The summed E-state index contributed by atoms with van der Waals surface area (Å²) in [6.07, 6.45) is 1.51. The molecule has 1 rings (SSSR count). The van der Waals surface area contributed by atoms with Crippen molar-refractivity contribution in [2.24, 2.45) is 0 Å². The SMILES string of the molecule is CCCC(O)Nc1cccc(O)c1NC(O)CCC. The van der Waals surface area contributed by atoms with Gasteiger partial charge in [-0.3, -0.25) is 0 Å². The molecule has 0 amide bonds. The molecule has 2 unspecified atom stereocenters. The maximum absolute atomic E-state index is 9.86. The molecule has 5 N–H and O–H groups in total. The normalized spacial score (nSPS) is 13.9. The predicted octanol–water partition coefficient (Wildman–Crippen LogP) is 2.45. The molecule has 0 radical (unpaired) electrons. The van der Waals surface area contributed by atoms with E-state index < -0.39 is 12.5 Å². The average molecular weight is 268 g/mol. The van der Waals surface area contributed by atoms with Crippen molar-refractivity contribution in [1.29, 1.82) is 0 Å². The third-order valence-electron chi connectivity index (χ3n) is 2.80. The summed E-state index contributed by atoms with van der Waals surface area (Å²) in [5.74, 6) is 0.0452. The number of hydrogen-bond donors (Lipinski definition) is 5. The lowest BCUT2D eigenvalue weighted by atomic mass is 10.2. The van der Waals surface area contributed by atoms with Crippen molar-refractivity contribution >= 4 is 11.4 Å². The molecule has 5 heteroatoms. The molecule has 0 aliphatic heterocycles. The summed E-state index contributed by atoms with van der Waals surface area (Å²) in [5.41, 5.74) is 0.995. The summed E-state index contributed by atoms with van der Waals surface area (Å²) in [6.45, 7) is 3.96. The molecule has 0 fully saturated rings. The van der Waals surface area contributed by atoms with E-state index in [9.17, 15) is 15.3 Å². The van der Waals surface area contributed by atoms with Gasteiger partial charge < -0.3 is 26.0 Å². The van der Waals surface area contributed by atoms with Gasteiger partial charge in [0.15, 0.2) is 0 Å². The van der Waals surface area contributed by atoms with Crippen molar-refractivity contribution in [1.82, 2.24) is 0 Å². The molecule has 0 aliphatic carbocycles. The second-order valence-electron chi connectivity index (χ2n) is 4.60. The van der Waals surface area contributed by atoms with Crippen LogP contribution in [0.1, 0.15) is 39.5 Å². The van der Waals surface area contributed by atoms with E-state index in [0.717, 1.165) is 12.8 Å². The van der Waals surface area contributed by atoms with E-state index in [1.165, 1.54) is 0 Å². The van der Waals surface area contributed by atoms with Crippen molar-refractivity contribution in [2.45, 2.75) is 52.0 Å². The maximum Gasteiger partial charge on any atom is 0.140 e. The van der Waals surface area contributed by atoms with Crippen LogP contribution in [-0.2, 0) is 0 Å². The molecule has 5 nitrogen and oxygen atoms in total. The molecule has 0 bridgehead atoms. The van der Waals surface area contributed by atoms with Gasteiger partial charge in [0.2, 0.25) is 0 Å². The van der Waals surface area contributed by atoms with E-state index in [2.05, 4.69) is 10.6 Å². The van der Waals surface area contributed by atoms with Gasteiger partial charge in [0.1, 0.15) is 23.9 Å². The number of benzene rings is 1. The predicted molar refractivity (Wildman–Crippen MR) is 77.2 cm³/mol. The lowest BCUT2D eigenvalue weighted by Gasteiger charge is -2.21. The molecule has 2 atom stereocenters. The number of aromatic hydroxyl groups is 1. The van der Waals surface area contributed by atoms with E-state index in [4.69, 9.17) is 0 Å². The summed E-state index contributed by atoms with van der Waals surface area (Å²) < 4.78 is 0. The molecule has 0 saturated carbocycles. The summed E-state index contributed by atoms with van der Waals surface area (Å²) in [4.78, 5) is 0. The zero-order chi connectivity index (χ0) is 14.3. The molecule has 1 aromatic carbocycles. The minimum absolute atomic E-state index is 0.0452. The highest BCUT2D eigenvalue weighted by Gasteiger charge is 2.13. The first kappa shape index (κ1) is 15.6. The van der Waals surface area contributed by atoms with Gasteiger partial charge in [-0.25, -0.2) is 0 Å². The Balaban J connectivity index is 2.82.